The van der Waals surface area contributed by atoms with Gasteiger partial charge in [-0.15, -0.1) is 0 Å². The van der Waals surface area contributed by atoms with E-state index in [1.165, 1.54) is 13.2 Å². The van der Waals surface area contributed by atoms with Gasteiger partial charge in [-0.25, -0.2) is 4.79 Å². The Bertz CT molecular complexity index is 609. The van der Waals surface area contributed by atoms with E-state index in [4.69, 9.17) is 32.7 Å². The summed E-state index contributed by atoms with van der Waals surface area (Å²) in [4.78, 5) is 11.7. The molecule has 0 unspecified atom stereocenters. The molecular weight excluding hydrogens is 299 g/mol. The van der Waals surface area contributed by atoms with E-state index in [9.17, 15) is 4.79 Å². The second-order valence-electron chi connectivity index (χ2n) is 4.05. The van der Waals surface area contributed by atoms with E-state index in [2.05, 4.69) is 0 Å². The van der Waals surface area contributed by atoms with Crippen LogP contribution in [0.15, 0.2) is 42.5 Å². The molecule has 0 saturated carbocycles. The number of halogens is 2. The highest BCUT2D eigenvalue weighted by atomic mass is 35.5. The molecule has 0 aliphatic rings. The number of ether oxygens (including phenoxy) is 2. The van der Waals surface area contributed by atoms with Crippen LogP contribution in [0.5, 0.6) is 5.75 Å². The monoisotopic (exact) mass is 310 g/mol. The molecule has 0 atom stereocenters. The van der Waals surface area contributed by atoms with E-state index in [-0.39, 0.29) is 0 Å². The van der Waals surface area contributed by atoms with Gasteiger partial charge in [-0.1, -0.05) is 35.3 Å². The van der Waals surface area contributed by atoms with E-state index in [0.717, 1.165) is 5.56 Å². The molecule has 0 aliphatic carbocycles. The highest BCUT2D eigenvalue weighted by Crippen LogP contribution is 2.24. The minimum absolute atomic E-state index is 0.300. The molecule has 0 aliphatic heterocycles. The van der Waals surface area contributed by atoms with Crippen molar-refractivity contribution >= 4 is 29.2 Å². The van der Waals surface area contributed by atoms with E-state index < -0.39 is 5.97 Å². The summed E-state index contributed by atoms with van der Waals surface area (Å²) in [7, 11) is 1.31. The first kappa shape index (κ1) is 14.7. The average molecular weight is 311 g/mol. The van der Waals surface area contributed by atoms with Crippen LogP contribution in [0.3, 0.4) is 0 Å². The molecule has 0 heterocycles. The normalized spacial score (nSPS) is 10.2. The highest BCUT2D eigenvalue weighted by Gasteiger charge is 2.13. The predicted octanol–water partition coefficient (Wildman–Crippen LogP) is 4.36. The maximum absolute atomic E-state index is 11.7. The fourth-order valence-corrected chi connectivity index (χ4v) is 1.94. The molecule has 0 aromatic heterocycles. The van der Waals surface area contributed by atoms with Gasteiger partial charge in [-0.2, -0.15) is 0 Å². The minimum atomic E-state index is -0.487. The van der Waals surface area contributed by atoms with Crippen molar-refractivity contribution in [2.75, 3.05) is 7.11 Å². The zero-order valence-electron chi connectivity index (χ0n) is 10.7. The van der Waals surface area contributed by atoms with Crippen LogP contribution in [-0.4, -0.2) is 13.1 Å². The second kappa shape index (κ2) is 6.64. The molecule has 0 fully saturated rings. The van der Waals surface area contributed by atoms with Gasteiger partial charge in [0.15, 0.2) is 0 Å². The van der Waals surface area contributed by atoms with Gasteiger partial charge in [0, 0.05) is 10.0 Å². The number of rotatable bonds is 4. The third kappa shape index (κ3) is 3.65. The number of hydrogen-bond donors (Lipinski definition) is 0. The van der Waals surface area contributed by atoms with Gasteiger partial charge in [0.05, 0.1) is 7.11 Å². The first-order chi connectivity index (χ1) is 9.60. The molecule has 104 valence electrons. The summed E-state index contributed by atoms with van der Waals surface area (Å²) in [5.74, 6) is -0.0604. The first-order valence-electron chi connectivity index (χ1n) is 5.85. The summed E-state index contributed by atoms with van der Waals surface area (Å²) in [6.07, 6.45) is 0. The summed E-state index contributed by atoms with van der Waals surface area (Å²) in [5.41, 5.74) is 1.24. The molecule has 0 saturated heterocycles. The van der Waals surface area contributed by atoms with Gasteiger partial charge in [0.1, 0.15) is 17.9 Å². The third-order valence-electron chi connectivity index (χ3n) is 2.65. The second-order valence-corrected chi connectivity index (χ2v) is 4.92. The van der Waals surface area contributed by atoms with Gasteiger partial charge in [-0.05, 0) is 35.9 Å². The van der Waals surface area contributed by atoms with Crippen molar-refractivity contribution < 1.29 is 14.3 Å². The number of hydrogen-bond acceptors (Lipinski definition) is 3. The Balaban J connectivity index is 2.16. The zero-order chi connectivity index (χ0) is 14.5. The van der Waals surface area contributed by atoms with Crippen LogP contribution in [0.2, 0.25) is 10.0 Å². The molecule has 20 heavy (non-hydrogen) atoms. The summed E-state index contributed by atoms with van der Waals surface area (Å²) >= 11 is 11.7. The first-order valence-corrected chi connectivity index (χ1v) is 6.61. The smallest absolute Gasteiger partial charge is 0.341 e. The van der Waals surface area contributed by atoms with E-state index >= 15 is 0 Å². The highest BCUT2D eigenvalue weighted by molar-refractivity contribution is 6.31. The molecule has 0 spiro atoms. The fourth-order valence-electron chi connectivity index (χ4n) is 1.64. The van der Waals surface area contributed by atoms with Crippen molar-refractivity contribution in [3.05, 3.63) is 63.6 Å². The molecule has 5 heteroatoms. The van der Waals surface area contributed by atoms with Crippen molar-refractivity contribution in [2.45, 2.75) is 6.61 Å². The van der Waals surface area contributed by atoms with Crippen molar-refractivity contribution in [1.82, 2.24) is 0 Å². The Morgan fingerprint density at radius 1 is 1.05 bits per heavy atom. The van der Waals surface area contributed by atoms with Crippen LogP contribution in [-0.2, 0) is 11.3 Å². The van der Waals surface area contributed by atoms with E-state index in [1.807, 2.05) is 12.1 Å². The van der Waals surface area contributed by atoms with Crippen LogP contribution in [0.4, 0.5) is 0 Å². The Morgan fingerprint density at radius 3 is 2.35 bits per heavy atom. The van der Waals surface area contributed by atoms with Crippen molar-refractivity contribution in [1.29, 1.82) is 0 Å². The van der Waals surface area contributed by atoms with Crippen LogP contribution in [0, 0.1) is 0 Å². The average Bonchev–Trinajstić information content (AvgIpc) is 2.46. The van der Waals surface area contributed by atoms with Gasteiger partial charge >= 0.3 is 5.97 Å². The molecule has 2 rings (SSSR count). The largest absolute Gasteiger partial charge is 0.488 e. The van der Waals surface area contributed by atoms with Crippen molar-refractivity contribution in [2.24, 2.45) is 0 Å². The topological polar surface area (TPSA) is 35.5 Å². The number of methoxy groups -OCH3 is 1. The lowest BCUT2D eigenvalue weighted by atomic mass is 10.2. The summed E-state index contributed by atoms with van der Waals surface area (Å²) in [5, 5.41) is 1.11. The lowest BCUT2D eigenvalue weighted by Gasteiger charge is -2.10. The standard InChI is InChI=1S/C15H12Cl2O3/c1-19-15(18)13-8-12(17)6-7-14(13)20-9-10-2-4-11(16)5-3-10/h2-8H,9H2,1H3. The van der Waals surface area contributed by atoms with Crippen molar-refractivity contribution in [3.63, 3.8) is 0 Å². The molecule has 2 aromatic carbocycles. The van der Waals surface area contributed by atoms with Crippen LogP contribution >= 0.6 is 23.2 Å². The molecular formula is C15H12Cl2O3. The van der Waals surface area contributed by atoms with Gasteiger partial charge < -0.3 is 9.47 Å². The van der Waals surface area contributed by atoms with Crippen LogP contribution in [0.25, 0.3) is 0 Å². The van der Waals surface area contributed by atoms with Gasteiger partial charge in [0.2, 0.25) is 0 Å². The maximum atomic E-state index is 11.7. The van der Waals surface area contributed by atoms with Crippen LogP contribution < -0.4 is 4.74 Å². The molecule has 3 nitrogen and oxygen atoms in total. The molecule has 0 bridgehead atoms. The quantitative estimate of drug-likeness (QED) is 0.787. The lowest BCUT2D eigenvalue weighted by molar-refractivity contribution is 0.0595. The van der Waals surface area contributed by atoms with E-state index in [0.29, 0.717) is 28.0 Å². The number of benzene rings is 2. The van der Waals surface area contributed by atoms with Crippen LogP contribution in [0.1, 0.15) is 15.9 Å². The van der Waals surface area contributed by atoms with Gasteiger partial charge in [0.25, 0.3) is 0 Å². The molecule has 0 N–H and O–H groups in total. The lowest BCUT2D eigenvalue weighted by Crippen LogP contribution is -2.06. The van der Waals surface area contributed by atoms with E-state index in [1.54, 1.807) is 24.3 Å². The third-order valence-corrected chi connectivity index (χ3v) is 3.14. The summed E-state index contributed by atoms with van der Waals surface area (Å²) < 4.78 is 10.3. The number of carbonyl (C=O) groups is 1. The predicted molar refractivity (Wildman–Crippen MR) is 78.6 cm³/mol. The molecule has 0 radical (unpaired) electrons. The minimum Gasteiger partial charge on any atom is -0.488 e. The van der Waals surface area contributed by atoms with Crippen molar-refractivity contribution in [3.8, 4) is 5.75 Å². The summed E-state index contributed by atoms with van der Waals surface area (Å²) in [6.45, 7) is 0.322. The number of carbonyl (C=O) groups excluding carboxylic acids is 1. The Kier molecular flexibility index (Phi) is 4.88. The summed E-state index contributed by atoms with van der Waals surface area (Å²) in [6, 6.07) is 12.1. The Morgan fingerprint density at radius 2 is 1.70 bits per heavy atom. The number of esters is 1. The van der Waals surface area contributed by atoms with Gasteiger partial charge in [-0.3, -0.25) is 0 Å². The zero-order valence-corrected chi connectivity index (χ0v) is 12.2. The Hall–Kier alpha value is -1.71. The Labute approximate surface area is 127 Å². The molecule has 0 amide bonds. The maximum Gasteiger partial charge on any atom is 0.341 e. The SMILES string of the molecule is COC(=O)c1cc(Cl)ccc1OCc1ccc(Cl)cc1. The molecule has 2 aromatic rings. The fraction of sp³-hybridized carbons (Fsp3) is 0.133.